The Hall–Kier alpha value is -2.83. The summed E-state index contributed by atoms with van der Waals surface area (Å²) in [6.45, 7) is 4.68. The van der Waals surface area contributed by atoms with E-state index in [0.717, 1.165) is 30.2 Å². The van der Waals surface area contributed by atoms with Crippen LogP contribution < -0.4 is 19.7 Å². The second-order valence-electron chi connectivity index (χ2n) is 6.49. The lowest BCUT2D eigenvalue weighted by Crippen LogP contribution is -2.29. The van der Waals surface area contributed by atoms with Gasteiger partial charge in [-0.2, -0.15) is 4.98 Å². The van der Waals surface area contributed by atoms with Crippen molar-refractivity contribution in [1.29, 1.82) is 0 Å². The van der Waals surface area contributed by atoms with Gasteiger partial charge < -0.3 is 19.7 Å². The first-order valence-electron chi connectivity index (χ1n) is 9.28. The molecule has 2 heterocycles. The molecule has 0 atom stereocenters. The Morgan fingerprint density at radius 2 is 2.00 bits per heavy atom. The van der Waals surface area contributed by atoms with Crippen molar-refractivity contribution in [1.82, 2.24) is 15.3 Å². The van der Waals surface area contributed by atoms with Gasteiger partial charge in [-0.25, -0.2) is 4.98 Å². The van der Waals surface area contributed by atoms with Gasteiger partial charge in [-0.05, 0) is 25.8 Å². The summed E-state index contributed by atoms with van der Waals surface area (Å²) >= 11 is 0. The van der Waals surface area contributed by atoms with Crippen molar-refractivity contribution < 1.29 is 14.3 Å². The van der Waals surface area contributed by atoms with Crippen molar-refractivity contribution in [3.8, 4) is 11.6 Å². The number of nitrogens with zero attached hydrogens (tertiary/aromatic N) is 3. The maximum absolute atomic E-state index is 12.1. The number of carbonyl (C=O) groups is 1. The molecule has 7 heteroatoms. The van der Waals surface area contributed by atoms with Crippen molar-refractivity contribution in [3.05, 3.63) is 41.7 Å². The quantitative estimate of drug-likeness (QED) is 0.718. The number of benzene rings is 1. The second-order valence-corrected chi connectivity index (χ2v) is 6.49. The van der Waals surface area contributed by atoms with Gasteiger partial charge in [0.25, 0.3) is 0 Å². The van der Waals surface area contributed by atoms with Crippen LogP contribution in [0.15, 0.2) is 30.3 Å². The summed E-state index contributed by atoms with van der Waals surface area (Å²) in [5, 5.41) is 2.86. The summed E-state index contributed by atoms with van der Waals surface area (Å²) in [6.07, 6.45) is 2.66. The second kappa shape index (κ2) is 9.21. The molecule has 0 spiro atoms. The SMILES string of the molecule is COc1ccccc1CC(=O)NCCOc1cc(N2CCCC2)nc(C)n1. The molecule has 1 aliphatic rings. The number of anilines is 1. The van der Waals surface area contributed by atoms with Crippen molar-refractivity contribution >= 4 is 11.7 Å². The maximum atomic E-state index is 12.1. The molecule has 3 rings (SSSR count). The predicted octanol–water partition coefficient (Wildman–Crippen LogP) is 2.13. The number of ether oxygens (including phenoxy) is 2. The van der Waals surface area contributed by atoms with E-state index >= 15 is 0 Å². The summed E-state index contributed by atoms with van der Waals surface area (Å²) in [7, 11) is 1.60. The number of nitrogens with one attached hydrogen (secondary N) is 1. The van der Waals surface area contributed by atoms with E-state index in [-0.39, 0.29) is 12.3 Å². The Kier molecular flexibility index (Phi) is 6.46. The van der Waals surface area contributed by atoms with Crippen molar-refractivity contribution in [2.75, 3.05) is 38.3 Å². The molecular weight excluding hydrogens is 344 g/mol. The molecule has 1 N–H and O–H groups in total. The molecule has 7 nitrogen and oxygen atoms in total. The minimum atomic E-state index is -0.0697. The van der Waals surface area contributed by atoms with Gasteiger partial charge in [-0.3, -0.25) is 4.79 Å². The van der Waals surface area contributed by atoms with Gasteiger partial charge in [0, 0.05) is 24.7 Å². The van der Waals surface area contributed by atoms with E-state index in [1.165, 1.54) is 12.8 Å². The van der Waals surface area contributed by atoms with Crippen LogP contribution >= 0.6 is 0 Å². The smallest absolute Gasteiger partial charge is 0.224 e. The number of amides is 1. The molecule has 0 radical (unpaired) electrons. The van der Waals surface area contributed by atoms with Gasteiger partial charge >= 0.3 is 0 Å². The average molecular weight is 370 g/mol. The van der Waals surface area contributed by atoms with Crippen LogP contribution in [0.2, 0.25) is 0 Å². The number of rotatable bonds is 8. The third-order valence-corrected chi connectivity index (χ3v) is 4.45. The number of carbonyl (C=O) groups excluding carboxylic acids is 1. The Bertz CT molecular complexity index is 776. The fourth-order valence-electron chi connectivity index (χ4n) is 3.14. The van der Waals surface area contributed by atoms with Crippen LogP contribution in [0.25, 0.3) is 0 Å². The molecule has 27 heavy (non-hydrogen) atoms. The molecule has 0 unspecified atom stereocenters. The number of para-hydroxylation sites is 1. The molecule has 1 aliphatic heterocycles. The molecule has 0 saturated carbocycles. The van der Waals surface area contributed by atoms with Crippen molar-refractivity contribution in [3.63, 3.8) is 0 Å². The summed E-state index contributed by atoms with van der Waals surface area (Å²) in [5.41, 5.74) is 0.861. The number of aromatic nitrogens is 2. The first-order valence-corrected chi connectivity index (χ1v) is 9.28. The molecule has 2 aromatic rings. The third kappa shape index (κ3) is 5.32. The van der Waals surface area contributed by atoms with Crippen molar-refractivity contribution in [2.45, 2.75) is 26.2 Å². The number of aryl methyl sites for hydroxylation is 1. The standard InChI is InChI=1S/C20H26N4O3/c1-15-22-18(24-10-5-6-11-24)14-20(23-15)27-12-9-21-19(25)13-16-7-3-4-8-17(16)26-2/h3-4,7-8,14H,5-6,9-13H2,1-2H3,(H,21,25). The monoisotopic (exact) mass is 370 g/mol. The fraction of sp³-hybridized carbons (Fsp3) is 0.450. The van der Waals surface area contributed by atoms with Crippen LogP contribution in [0.3, 0.4) is 0 Å². The first kappa shape index (κ1) is 18.9. The zero-order valence-electron chi connectivity index (χ0n) is 15.9. The van der Waals surface area contributed by atoms with E-state index in [1.54, 1.807) is 7.11 Å². The molecular formula is C20H26N4O3. The molecule has 1 amide bonds. The van der Waals surface area contributed by atoms with Gasteiger partial charge in [0.05, 0.1) is 20.1 Å². The molecule has 1 fully saturated rings. The zero-order valence-corrected chi connectivity index (χ0v) is 15.9. The Morgan fingerprint density at radius 3 is 2.78 bits per heavy atom. The number of hydrogen-bond acceptors (Lipinski definition) is 6. The van der Waals surface area contributed by atoms with E-state index in [0.29, 0.717) is 24.9 Å². The van der Waals surface area contributed by atoms with Crippen LogP contribution in [-0.4, -0.2) is 49.2 Å². The minimum absolute atomic E-state index is 0.0697. The third-order valence-electron chi connectivity index (χ3n) is 4.45. The Morgan fingerprint density at radius 1 is 1.22 bits per heavy atom. The van der Waals surface area contributed by atoms with E-state index < -0.39 is 0 Å². The van der Waals surface area contributed by atoms with Crippen molar-refractivity contribution in [2.24, 2.45) is 0 Å². The van der Waals surface area contributed by atoms with Gasteiger partial charge in [-0.1, -0.05) is 18.2 Å². The summed E-state index contributed by atoms with van der Waals surface area (Å²) in [6, 6.07) is 9.38. The molecule has 0 aliphatic carbocycles. The summed E-state index contributed by atoms with van der Waals surface area (Å²) < 4.78 is 11.0. The van der Waals surface area contributed by atoms with E-state index in [2.05, 4.69) is 20.2 Å². The average Bonchev–Trinajstić information content (AvgIpc) is 3.20. The van der Waals surface area contributed by atoms with Crippen LogP contribution in [0, 0.1) is 6.92 Å². The Labute approximate surface area is 159 Å². The first-order chi connectivity index (χ1) is 13.2. The highest BCUT2D eigenvalue weighted by molar-refractivity contribution is 5.79. The van der Waals surface area contributed by atoms with E-state index in [9.17, 15) is 4.79 Å². The molecule has 0 bridgehead atoms. The highest BCUT2D eigenvalue weighted by Gasteiger charge is 2.15. The predicted molar refractivity (Wildman–Crippen MR) is 103 cm³/mol. The van der Waals surface area contributed by atoms with Gasteiger partial charge in [-0.15, -0.1) is 0 Å². The lowest BCUT2D eigenvalue weighted by atomic mass is 10.1. The fourth-order valence-corrected chi connectivity index (χ4v) is 3.14. The maximum Gasteiger partial charge on any atom is 0.224 e. The van der Waals surface area contributed by atoms with Crippen LogP contribution in [0.5, 0.6) is 11.6 Å². The van der Waals surface area contributed by atoms with Crippen LogP contribution in [0.1, 0.15) is 24.2 Å². The summed E-state index contributed by atoms with van der Waals surface area (Å²) in [5.74, 6) is 2.79. The Balaban J connectivity index is 1.46. The minimum Gasteiger partial charge on any atom is -0.496 e. The molecule has 1 aromatic carbocycles. The van der Waals surface area contributed by atoms with E-state index in [4.69, 9.17) is 9.47 Å². The summed E-state index contributed by atoms with van der Waals surface area (Å²) in [4.78, 5) is 23.2. The topological polar surface area (TPSA) is 76.6 Å². The van der Waals surface area contributed by atoms with Crippen LogP contribution in [-0.2, 0) is 11.2 Å². The largest absolute Gasteiger partial charge is 0.496 e. The van der Waals surface area contributed by atoms with Gasteiger partial charge in [0.1, 0.15) is 24.0 Å². The number of methoxy groups -OCH3 is 1. The molecule has 1 saturated heterocycles. The lowest BCUT2D eigenvalue weighted by Gasteiger charge is -2.17. The highest BCUT2D eigenvalue weighted by atomic mass is 16.5. The lowest BCUT2D eigenvalue weighted by molar-refractivity contribution is -0.120. The van der Waals surface area contributed by atoms with Crippen LogP contribution in [0.4, 0.5) is 5.82 Å². The van der Waals surface area contributed by atoms with E-state index in [1.807, 2.05) is 37.3 Å². The molecule has 1 aromatic heterocycles. The highest BCUT2D eigenvalue weighted by Crippen LogP contribution is 2.21. The number of hydrogen-bond donors (Lipinski definition) is 1. The zero-order chi connectivity index (χ0) is 19.1. The molecule has 144 valence electrons. The van der Waals surface area contributed by atoms with Gasteiger partial charge in [0.2, 0.25) is 11.8 Å². The normalized spacial score (nSPS) is 13.5. The van der Waals surface area contributed by atoms with Gasteiger partial charge in [0.15, 0.2) is 0 Å².